The van der Waals surface area contributed by atoms with E-state index in [-0.39, 0.29) is 6.10 Å². The summed E-state index contributed by atoms with van der Waals surface area (Å²) in [5, 5.41) is 3.55. The van der Waals surface area contributed by atoms with Crippen LogP contribution in [-0.4, -0.2) is 31.2 Å². The van der Waals surface area contributed by atoms with E-state index in [0.717, 1.165) is 25.3 Å². The molecule has 2 rings (SSSR count). The van der Waals surface area contributed by atoms with Crippen LogP contribution in [0.4, 0.5) is 0 Å². The summed E-state index contributed by atoms with van der Waals surface area (Å²) in [5.41, 5.74) is 2.81. The molecule has 2 unspecified atom stereocenters. The molecule has 94 valence electrons. The Balaban J connectivity index is 1.94. The summed E-state index contributed by atoms with van der Waals surface area (Å²) >= 11 is 1.88. The molecular formula is C14H21NOS. The molecule has 0 bridgehead atoms. The zero-order valence-corrected chi connectivity index (χ0v) is 11.4. The lowest BCUT2D eigenvalue weighted by atomic mass is 9.97. The van der Waals surface area contributed by atoms with Gasteiger partial charge >= 0.3 is 0 Å². The second kappa shape index (κ2) is 6.43. The first-order chi connectivity index (χ1) is 8.31. The molecule has 1 heterocycles. The van der Waals surface area contributed by atoms with Gasteiger partial charge in [0.25, 0.3) is 0 Å². The molecule has 0 radical (unpaired) electrons. The van der Waals surface area contributed by atoms with Crippen molar-refractivity contribution in [1.82, 2.24) is 5.32 Å². The van der Waals surface area contributed by atoms with Crippen LogP contribution in [-0.2, 0) is 11.2 Å². The van der Waals surface area contributed by atoms with Crippen molar-refractivity contribution >= 4 is 11.8 Å². The van der Waals surface area contributed by atoms with Crippen molar-refractivity contribution in [1.29, 1.82) is 0 Å². The SMILES string of the molecule is CSCC(C)NCC1OCCc2ccccc21. The quantitative estimate of drug-likeness (QED) is 0.869. The van der Waals surface area contributed by atoms with Crippen molar-refractivity contribution in [3.05, 3.63) is 35.4 Å². The van der Waals surface area contributed by atoms with E-state index in [1.807, 2.05) is 11.8 Å². The summed E-state index contributed by atoms with van der Waals surface area (Å²) in [6.07, 6.45) is 3.42. The van der Waals surface area contributed by atoms with Gasteiger partial charge in [0, 0.05) is 18.3 Å². The lowest BCUT2D eigenvalue weighted by Gasteiger charge is -2.27. The third kappa shape index (κ3) is 3.47. The van der Waals surface area contributed by atoms with Crippen molar-refractivity contribution < 1.29 is 4.74 Å². The highest BCUT2D eigenvalue weighted by Crippen LogP contribution is 2.26. The van der Waals surface area contributed by atoms with Gasteiger partial charge in [-0.15, -0.1) is 0 Å². The van der Waals surface area contributed by atoms with Gasteiger partial charge in [-0.1, -0.05) is 24.3 Å². The van der Waals surface area contributed by atoms with Gasteiger partial charge < -0.3 is 10.1 Å². The van der Waals surface area contributed by atoms with Crippen molar-refractivity contribution in [2.45, 2.75) is 25.5 Å². The first-order valence-electron chi connectivity index (χ1n) is 6.23. The molecule has 0 aromatic heterocycles. The molecule has 0 saturated heterocycles. The molecule has 0 spiro atoms. The van der Waals surface area contributed by atoms with Crippen LogP contribution in [0.1, 0.15) is 24.2 Å². The molecule has 0 aliphatic carbocycles. The fraction of sp³-hybridized carbons (Fsp3) is 0.571. The van der Waals surface area contributed by atoms with Crippen LogP contribution < -0.4 is 5.32 Å². The number of rotatable bonds is 5. The molecule has 0 saturated carbocycles. The lowest BCUT2D eigenvalue weighted by molar-refractivity contribution is 0.0414. The minimum absolute atomic E-state index is 0.226. The summed E-state index contributed by atoms with van der Waals surface area (Å²) in [6.45, 7) is 3.99. The number of nitrogens with one attached hydrogen (secondary N) is 1. The molecular weight excluding hydrogens is 230 g/mol. The Kier molecular flexibility index (Phi) is 4.89. The number of benzene rings is 1. The van der Waals surface area contributed by atoms with Gasteiger partial charge in [0.05, 0.1) is 12.7 Å². The van der Waals surface area contributed by atoms with Crippen molar-refractivity contribution in [3.63, 3.8) is 0 Å². The predicted octanol–water partition coefficient (Wildman–Crippen LogP) is 2.64. The van der Waals surface area contributed by atoms with Gasteiger partial charge in [-0.25, -0.2) is 0 Å². The number of hydrogen-bond donors (Lipinski definition) is 1. The van der Waals surface area contributed by atoms with Crippen molar-refractivity contribution in [2.75, 3.05) is 25.2 Å². The Labute approximate surface area is 108 Å². The molecule has 1 aliphatic rings. The van der Waals surface area contributed by atoms with Gasteiger partial charge in [-0.2, -0.15) is 11.8 Å². The standard InChI is InChI=1S/C14H21NOS/c1-11(10-17-2)15-9-14-13-6-4-3-5-12(13)7-8-16-14/h3-6,11,14-15H,7-10H2,1-2H3. The minimum atomic E-state index is 0.226. The van der Waals surface area contributed by atoms with E-state index >= 15 is 0 Å². The largest absolute Gasteiger partial charge is 0.372 e. The van der Waals surface area contributed by atoms with Gasteiger partial charge in [0.1, 0.15) is 0 Å². The molecule has 1 N–H and O–H groups in total. The van der Waals surface area contributed by atoms with Crippen LogP contribution >= 0.6 is 11.8 Å². The number of hydrogen-bond acceptors (Lipinski definition) is 3. The second-order valence-electron chi connectivity index (χ2n) is 4.57. The molecule has 3 heteroatoms. The minimum Gasteiger partial charge on any atom is -0.372 e. The van der Waals surface area contributed by atoms with E-state index in [2.05, 4.69) is 42.8 Å². The first-order valence-corrected chi connectivity index (χ1v) is 7.62. The molecule has 17 heavy (non-hydrogen) atoms. The summed E-state index contributed by atoms with van der Waals surface area (Å²) in [5.74, 6) is 1.15. The fourth-order valence-corrected chi connectivity index (χ4v) is 2.88. The van der Waals surface area contributed by atoms with Crippen molar-refractivity contribution in [3.8, 4) is 0 Å². The third-order valence-corrected chi connectivity index (χ3v) is 3.99. The highest BCUT2D eigenvalue weighted by Gasteiger charge is 2.20. The number of thioether (sulfide) groups is 1. The summed E-state index contributed by atoms with van der Waals surface area (Å²) in [4.78, 5) is 0. The Hall–Kier alpha value is -0.510. The molecule has 0 amide bonds. The van der Waals surface area contributed by atoms with E-state index in [1.54, 1.807) is 0 Å². The average Bonchev–Trinajstić information content (AvgIpc) is 2.36. The van der Waals surface area contributed by atoms with Crippen LogP contribution in [0.15, 0.2) is 24.3 Å². The van der Waals surface area contributed by atoms with Crippen molar-refractivity contribution in [2.24, 2.45) is 0 Å². The summed E-state index contributed by atoms with van der Waals surface area (Å²) < 4.78 is 5.86. The van der Waals surface area contributed by atoms with E-state index < -0.39 is 0 Å². The second-order valence-corrected chi connectivity index (χ2v) is 5.48. The Morgan fingerprint density at radius 3 is 3.12 bits per heavy atom. The van der Waals surface area contributed by atoms with Crippen LogP contribution in [0.5, 0.6) is 0 Å². The number of fused-ring (bicyclic) bond motifs is 1. The smallest absolute Gasteiger partial charge is 0.0952 e. The highest BCUT2D eigenvalue weighted by molar-refractivity contribution is 7.98. The molecule has 2 atom stereocenters. The zero-order valence-electron chi connectivity index (χ0n) is 10.6. The monoisotopic (exact) mass is 251 g/mol. The lowest BCUT2D eigenvalue weighted by Crippen LogP contribution is -2.34. The van der Waals surface area contributed by atoms with Gasteiger partial charge in [-0.05, 0) is 30.7 Å². The Bertz CT molecular complexity index is 356. The topological polar surface area (TPSA) is 21.3 Å². The highest BCUT2D eigenvalue weighted by atomic mass is 32.2. The molecule has 1 aromatic rings. The maximum Gasteiger partial charge on any atom is 0.0952 e. The van der Waals surface area contributed by atoms with Crippen LogP contribution in [0.2, 0.25) is 0 Å². The van der Waals surface area contributed by atoms with Gasteiger partial charge in [0.15, 0.2) is 0 Å². The average molecular weight is 251 g/mol. The molecule has 0 fully saturated rings. The van der Waals surface area contributed by atoms with Crippen LogP contribution in [0, 0.1) is 0 Å². The van der Waals surface area contributed by atoms with Gasteiger partial charge in [-0.3, -0.25) is 0 Å². The Morgan fingerprint density at radius 1 is 1.47 bits per heavy atom. The first kappa shape index (κ1) is 12.9. The summed E-state index contributed by atoms with van der Waals surface area (Å²) in [6, 6.07) is 9.18. The normalized spacial score (nSPS) is 20.9. The van der Waals surface area contributed by atoms with E-state index in [1.165, 1.54) is 11.1 Å². The summed E-state index contributed by atoms with van der Waals surface area (Å²) in [7, 11) is 0. The Morgan fingerprint density at radius 2 is 2.29 bits per heavy atom. The van der Waals surface area contributed by atoms with Crippen LogP contribution in [0.25, 0.3) is 0 Å². The predicted molar refractivity (Wildman–Crippen MR) is 74.7 cm³/mol. The molecule has 1 aromatic carbocycles. The zero-order chi connectivity index (χ0) is 12.1. The van der Waals surface area contributed by atoms with E-state index in [4.69, 9.17) is 4.74 Å². The molecule has 2 nitrogen and oxygen atoms in total. The maximum atomic E-state index is 5.86. The number of ether oxygens (including phenoxy) is 1. The molecule has 1 aliphatic heterocycles. The van der Waals surface area contributed by atoms with Gasteiger partial charge in [0.2, 0.25) is 0 Å². The van der Waals surface area contributed by atoms with E-state index in [9.17, 15) is 0 Å². The maximum absolute atomic E-state index is 5.86. The van der Waals surface area contributed by atoms with Crippen LogP contribution in [0.3, 0.4) is 0 Å². The third-order valence-electron chi connectivity index (χ3n) is 3.16. The fourth-order valence-electron chi connectivity index (χ4n) is 2.26. The van der Waals surface area contributed by atoms with E-state index in [0.29, 0.717) is 6.04 Å².